The highest BCUT2D eigenvalue weighted by atomic mass is 16.2. The molecule has 1 aliphatic heterocycles. The van der Waals surface area contributed by atoms with Crippen molar-refractivity contribution in [3.05, 3.63) is 0 Å². The smallest absolute Gasteiger partial charge is 0.298 e. The van der Waals surface area contributed by atoms with Gasteiger partial charge in [0.25, 0.3) is 5.91 Å². The number of nitrogens with one attached hydrogen (secondary N) is 1. The van der Waals surface area contributed by atoms with Crippen LogP contribution in [0.4, 0.5) is 0 Å². The van der Waals surface area contributed by atoms with Gasteiger partial charge in [-0.15, -0.1) is 0 Å². The van der Waals surface area contributed by atoms with E-state index in [-0.39, 0.29) is 23.3 Å². The van der Waals surface area contributed by atoms with E-state index in [0.717, 1.165) is 64.5 Å². The predicted octanol–water partition coefficient (Wildman–Crippen LogP) is 3.89. The lowest BCUT2D eigenvalue weighted by atomic mass is 9.61. The van der Waals surface area contributed by atoms with Crippen LogP contribution >= 0.6 is 0 Å². The summed E-state index contributed by atoms with van der Waals surface area (Å²) in [5, 5.41) is 3.20. The minimum absolute atomic E-state index is 0.0149. The number of likely N-dealkylation sites (tertiary alicyclic amines) is 1. The van der Waals surface area contributed by atoms with Crippen LogP contribution in [0.15, 0.2) is 0 Å². The minimum Gasteiger partial charge on any atom is -0.355 e. The van der Waals surface area contributed by atoms with Gasteiger partial charge in [-0.1, -0.05) is 32.6 Å². The molecule has 27 heavy (non-hydrogen) atoms. The second-order valence-corrected chi connectivity index (χ2v) is 9.33. The van der Waals surface area contributed by atoms with Gasteiger partial charge >= 0.3 is 0 Å². The van der Waals surface area contributed by atoms with E-state index in [9.17, 15) is 9.59 Å². The number of hydrogen-bond donors (Lipinski definition) is 1. The molecule has 4 nitrogen and oxygen atoms in total. The molecule has 1 heterocycles. The summed E-state index contributed by atoms with van der Waals surface area (Å²) in [7, 11) is 0. The fraction of sp³-hybridized carbons (Fsp3) is 0.826. The third kappa shape index (κ3) is 5.50. The van der Waals surface area contributed by atoms with Crippen LogP contribution in [-0.4, -0.2) is 35.8 Å². The number of amides is 2. The van der Waals surface area contributed by atoms with E-state index in [2.05, 4.69) is 31.0 Å². The first-order valence-electron chi connectivity index (χ1n) is 11.1. The maximum atomic E-state index is 12.7. The van der Waals surface area contributed by atoms with Crippen LogP contribution in [0.2, 0.25) is 0 Å². The van der Waals surface area contributed by atoms with Gasteiger partial charge in [-0.05, 0) is 63.2 Å². The van der Waals surface area contributed by atoms with Gasteiger partial charge < -0.3 is 10.2 Å². The molecule has 0 bridgehead atoms. The van der Waals surface area contributed by atoms with E-state index < -0.39 is 0 Å². The number of carbonyl (C=O) groups excluding carboxylic acids is 2. The van der Waals surface area contributed by atoms with E-state index in [1.807, 2.05) is 4.90 Å². The highest BCUT2D eigenvalue weighted by molar-refractivity contribution is 5.94. The highest BCUT2D eigenvalue weighted by Crippen LogP contribution is 2.48. The fourth-order valence-corrected chi connectivity index (χ4v) is 4.57. The van der Waals surface area contributed by atoms with Crippen molar-refractivity contribution in [1.82, 2.24) is 10.2 Å². The Kier molecular flexibility index (Phi) is 6.84. The normalized spacial score (nSPS) is 24.0. The summed E-state index contributed by atoms with van der Waals surface area (Å²) in [6.07, 6.45) is 11.7. The zero-order valence-corrected chi connectivity index (χ0v) is 17.2. The maximum Gasteiger partial charge on any atom is 0.298 e. The van der Waals surface area contributed by atoms with Crippen molar-refractivity contribution in [2.75, 3.05) is 13.1 Å². The summed E-state index contributed by atoms with van der Waals surface area (Å²) in [5.74, 6) is 7.34. The molecular weight excluding hydrogens is 336 g/mol. The van der Waals surface area contributed by atoms with Gasteiger partial charge in [0.2, 0.25) is 5.91 Å². The third-order valence-corrected chi connectivity index (χ3v) is 6.60. The second-order valence-electron chi connectivity index (χ2n) is 9.33. The van der Waals surface area contributed by atoms with E-state index in [4.69, 9.17) is 0 Å². The van der Waals surface area contributed by atoms with Crippen LogP contribution in [0, 0.1) is 29.1 Å². The van der Waals surface area contributed by atoms with Crippen molar-refractivity contribution < 1.29 is 9.59 Å². The van der Waals surface area contributed by atoms with Crippen LogP contribution < -0.4 is 5.32 Å². The summed E-state index contributed by atoms with van der Waals surface area (Å²) in [6, 6.07) is 0.247. The van der Waals surface area contributed by atoms with Gasteiger partial charge in [0, 0.05) is 36.9 Å². The van der Waals surface area contributed by atoms with Crippen LogP contribution in [0.5, 0.6) is 0 Å². The number of hydrogen-bond acceptors (Lipinski definition) is 2. The molecule has 0 radical (unpaired) electrons. The van der Waals surface area contributed by atoms with Gasteiger partial charge in [0.15, 0.2) is 0 Å². The average Bonchev–Trinajstić information content (AvgIpc) is 3.43. The summed E-state index contributed by atoms with van der Waals surface area (Å²) < 4.78 is 0. The first-order valence-corrected chi connectivity index (χ1v) is 11.1. The molecule has 0 aromatic carbocycles. The molecule has 2 aliphatic carbocycles. The Bertz CT molecular complexity index is 593. The first-order chi connectivity index (χ1) is 13.0. The van der Waals surface area contributed by atoms with Gasteiger partial charge in [0.1, 0.15) is 0 Å². The fourth-order valence-electron chi connectivity index (χ4n) is 4.57. The Hall–Kier alpha value is -1.50. The zero-order chi connectivity index (χ0) is 19.3. The zero-order valence-electron chi connectivity index (χ0n) is 17.2. The monoisotopic (exact) mass is 372 g/mol. The summed E-state index contributed by atoms with van der Waals surface area (Å²) in [6.45, 7) is 5.94. The Balaban J connectivity index is 1.57. The van der Waals surface area contributed by atoms with Crippen molar-refractivity contribution in [2.45, 2.75) is 90.5 Å². The number of carbonyl (C=O) groups is 2. The molecule has 1 atom stereocenters. The van der Waals surface area contributed by atoms with Crippen molar-refractivity contribution in [2.24, 2.45) is 17.3 Å². The van der Waals surface area contributed by atoms with Gasteiger partial charge in [-0.3, -0.25) is 9.59 Å². The standard InChI is InChI=1S/C23H36N2O2/c1-18(2)7-5-9-21(26)24-17-23(14-6-15-23)20-8-3-4-16-25(20)22(27)13-12-19-10-11-19/h18-20H,3-11,14-17H2,1-2H3,(H,24,26). The third-order valence-electron chi connectivity index (χ3n) is 6.60. The Morgan fingerprint density at radius 2 is 1.93 bits per heavy atom. The molecule has 2 amide bonds. The average molecular weight is 373 g/mol. The van der Waals surface area contributed by atoms with E-state index in [1.54, 1.807) is 0 Å². The molecule has 2 saturated carbocycles. The van der Waals surface area contributed by atoms with Crippen LogP contribution in [0.1, 0.15) is 84.5 Å². The molecule has 0 aromatic rings. The number of piperidine rings is 1. The van der Waals surface area contributed by atoms with Gasteiger partial charge in [-0.2, -0.15) is 0 Å². The quantitative estimate of drug-likeness (QED) is 0.689. The van der Waals surface area contributed by atoms with Crippen LogP contribution in [-0.2, 0) is 9.59 Å². The van der Waals surface area contributed by atoms with Crippen LogP contribution in [0.3, 0.4) is 0 Å². The number of nitrogens with zero attached hydrogens (tertiary/aromatic N) is 1. The predicted molar refractivity (Wildman–Crippen MR) is 108 cm³/mol. The molecule has 150 valence electrons. The molecular formula is C23H36N2O2. The van der Waals surface area contributed by atoms with E-state index in [1.165, 1.54) is 12.8 Å². The van der Waals surface area contributed by atoms with E-state index in [0.29, 0.717) is 18.3 Å². The number of rotatable bonds is 7. The maximum absolute atomic E-state index is 12.7. The molecule has 3 rings (SSSR count). The topological polar surface area (TPSA) is 49.4 Å². The van der Waals surface area contributed by atoms with Gasteiger partial charge in [-0.25, -0.2) is 0 Å². The highest BCUT2D eigenvalue weighted by Gasteiger charge is 2.48. The summed E-state index contributed by atoms with van der Waals surface area (Å²) >= 11 is 0. The molecule has 0 spiro atoms. The summed E-state index contributed by atoms with van der Waals surface area (Å²) in [4.78, 5) is 27.1. The van der Waals surface area contributed by atoms with Crippen molar-refractivity contribution in [3.63, 3.8) is 0 Å². The molecule has 4 heteroatoms. The van der Waals surface area contributed by atoms with Crippen molar-refractivity contribution in [3.8, 4) is 11.8 Å². The second kappa shape index (κ2) is 9.13. The SMILES string of the molecule is CC(C)CCCC(=O)NCC1(C2CCCCN2C(=O)C#CC2CC2)CCC1. The first kappa shape index (κ1) is 20.2. The lowest BCUT2D eigenvalue weighted by Crippen LogP contribution is -2.59. The molecule has 1 saturated heterocycles. The molecule has 1 N–H and O–H groups in total. The van der Waals surface area contributed by atoms with Gasteiger partial charge in [0.05, 0.1) is 0 Å². The van der Waals surface area contributed by atoms with Crippen molar-refractivity contribution >= 4 is 11.8 Å². The Labute approximate surface area is 164 Å². The Morgan fingerprint density at radius 3 is 2.56 bits per heavy atom. The van der Waals surface area contributed by atoms with Crippen molar-refractivity contribution in [1.29, 1.82) is 0 Å². The summed E-state index contributed by atoms with van der Waals surface area (Å²) in [5.41, 5.74) is 0.0745. The molecule has 1 unspecified atom stereocenters. The lowest BCUT2D eigenvalue weighted by molar-refractivity contribution is -0.135. The lowest BCUT2D eigenvalue weighted by Gasteiger charge is -2.53. The van der Waals surface area contributed by atoms with Crippen LogP contribution in [0.25, 0.3) is 0 Å². The molecule has 3 aliphatic rings. The Morgan fingerprint density at radius 1 is 1.15 bits per heavy atom. The molecule has 0 aromatic heterocycles. The largest absolute Gasteiger partial charge is 0.355 e. The minimum atomic E-state index is 0.0149. The van der Waals surface area contributed by atoms with E-state index >= 15 is 0 Å². The molecule has 3 fully saturated rings.